The topological polar surface area (TPSA) is 160 Å². The van der Waals surface area contributed by atoms with E-state index in [1.54, 1.807) is 6.92 Å². The standard InChI is InChI=1S/C17H25N3O8/c1-2-27-13(23)6-4-3-5-12(22)18-11-7-8-20(17(26)19-11)16-15(25)14(24)10(9-21)28-16/h7-8,10,14-16,21,24-25H,2-6,9H2,1H3,(H,18,19,22,26)/t10-,14-,15+,16-/m1/s1. The molecule has 28 heavy (non-hydrogen) atoms. The van der Waals surface area contributed by atoms with Crippen molar-refractivity contribution in [2.24, 2.45) is 0 Å². The van der Waals surface area contributed by atoms with Gasteiger partial charge in [0.15, 0.2) is 6.23 Å². The molecule has 11 heteroatoms. The van der Waals surface area contributed by atoms with Crippen LogP contribution in [-0.4, -0.2) is 68.3 Å². The van der Waals surface area contributed by atoms with Gasteiger partial charge in [0.1, 0.15) is 24.1 Å². The molecule has 2 rings (SSSR count). The van der Waals surface area contributed by atoms with Gasteiger partial charge in [-0.2, -0.15) is 4.98 Å². The first kappa shape index (κ1) is 22.0. The van der Waals surface area contributed by atoms with Gasteiger partial charge in [-0.3, -0.25) is 14.2 Å². The van der Waals surface area contributed by atoms with Gasteiger partial charge in [-0.1, -0.05) is 0 Å². The van der Waals surface area contributed by atoms with Crippen LogP contribution >= 0.6 is 0 Å². The number of carbonyl (C=O) groups excluding carboxylic acids is 2. The molecule has 0 radical (unpaired) electrons. The first-order chi connectivity index (χ1) is 13.4. The number of esters is 1. The van der Waals surface area contributed by atoms with Crippen molar-refractivity contribution in [2.75, 3.05) is 18.5 Å². The number of aliphatic hydroxyl groups excluding tert-OH is 3. The molecule has 1 aromatic heterocycles. The van der Waals surface area contributed by atoms with E-state index in [1.807, 2.05) is 0 Å². The number of nitrogens with one attached hydrogen (secondary N) is 1. The van der Waals surface area contributed by atoms with Crippen molar-refractivity contribution < 1.29 is 34.4 Å². The van der Waals surface area contributed by atoms with Crippen molar-refractivity contribution in [1.29, 1.82) is 0 Å². The molecule has 2 heterocycles. The molecule has 0 spiro atoms. The molecule has 156 valence electrons. The van der Waals surface area contributed by atoms with Gasteiger partial charge in [0.25, 0.3) is 0 Å². The zero-order chi connectivity index (χ0) is 20.7. The summed E-state index contributed by atoms with van der Waals surface area (Å²) in [5.74, 6) is -0.636. The zero-order valence-corrected chi connectivity index (χ0v) is 15.5. The Balaban J connectivity index is 1.88. The van der Waals surface area contributed by atoms with Crippen molar-refractivity contribution in [1.82, 2.24) is 9.55 Å². The van der Waals surface area contributed by atoms with Gasteiger partial charge in [0, 0.05) is 19.0 Å². The van der Waals surface area contributed by atoms with Crippen LogP contribution in [0.15, 0.2) is 17.1 Å². The van der Waals surface area contributed by atoms with Crippen LogP contribution in [0.4, 0.5) is 5.82 Å². The molecule has 11 nitrogen and oxygen atoms in total. The fourth-order valence-electron chi connectivity index (χ4n) is 2.78. The van der Waals surface area contributed by atoms with Gasteiger partial charge in [0.2, 0.25) is 5.91 Å². The Morgan fingerprint density at radius 2 is 2.00 bits per heavy atom. The van der Waals surface area contributed by atoms with Crippen molar-refractivity contribution in [3.05, 3.63) is 22.7 Å². The number of hydrogen-bond acceptors (Lipinski definition) is 9. The lowest BCUT2D eigenvalue weighted by Crippen LogP contribution is -2.36. The second-order valence-corrected chi connectivity index (χ2v) is 6.29. The maximum atomic E-state index is 12.2. The number of aromatic nitrogens is 2. The number of unbranched alkanes of at least 4 members (excludes halogenated alkanes) is 1. The van der Waals surface area contributed by atoms with E-state index in [0.717, 1.165) is 4.57 Å². The molecular formula is C17H25N3O8. The third-order valence-corrected chi connectivity index (χ3v) is 4.23. The normalized spacial score (nSPS) is 24.1. The number of hydrogen-bond donors (Lipinski definition) is 4. The summed E-state index contributed by atoms with van der Waals surface area (Å²) in [5, 5.41) is 31.3. The van der Waals surface area contributed by atoms with Crippen LogP contribution in [-0.2, 0) is 19.1 Å². The van der Waals surface area contributed by atoms with Crippen LogP contribution in [0, 0.1) is 0 Å². The van der Waals surface area contributed by atoms with Gasteiger partial charge in [0.05, 0.1) is 13.2 Å². The Morgan fingerprint density at radius 1 is 1.29 bits per heavy atom. The summed E-state index contributed by atoms with van der Waals surface area (Å²) < 4.78 is 11.0. The van der Waals surface area contributed by atoms with E-state index < -0.39 is 36.8 Å². The minimum atomic E-state index is -1.41. The first-order valence-corrected chi connectivity index (χ1v) is 9.04. The molecule has 1 amide bonds. The summed E-state index contributed by atoms with van der Waals surface area (Å²) in [4.78, 5) is 39.0. The molecule has 1 saturated heterocycles. The number of carbonyl (C=O) groups is 2. The highest BCUT2D eigenvalue weighted by atomic mass is 16.6. The van der Waals surface area contributed by atoms with Gasteiger partial charge >= 0.3 is 11.7 Å². The second-order valence-electron chi connectivity index (χ2n) is 6.29. The maximum absolute atomic E-state index is 12.2. The fraction of sp³-hybridized carbons (Fsp3) is 0.647. The summed E-state index contributed by atoms with van der Waals surface area (Å²) in [6, 6.07) is 1.35. The number of amides is 1. The highest BCUT2D eigenvalue weighted by Crippen LogP contribution is 2.28. The SMILES string of the molecule is CCOC(=O)CCCCC(=O)Nc1ccn([C@@H]2O[C@H](CO)[C@@H](O)[C@@H]2O)c(=O)n1. The summed E-state index contributed by atoms with van der Waals surface area (Å²) in [6.07, 6.45) is -2.31. The Labute approximate surface area is 160 Å². The van der Waals surface area contributed by atoms with Crippen LogP contribution in [0.3, 0.4) is 0 Å². The predicted molar refractivity (Wildman–Crippen MR) is 95.2 cm³/mol. The highest BCUT2D eigenvalue weighted by molar-refractivity contribution is 5.89. The lowest BCUT2D eigenvalue weighted by molar-refractivity contribution is -0.143. The van der Waals surface area contributed by atoms with Crippen LogP contribution in [0.2, 0.25) is 0 Å². The van der Waals surface area contributed by atoms with E-state index in [-0.39, 0.29) is 30.5 Å². The quantitative estimate of drug-likeness (QED) is 0.299. The Morgan fingerprint density at radius 3 is 2.61 bits per heavy atom. The summed E-state index contributed by atoms with van der Waals surface area (Å²) in [5.41, 5.74) is -0.796. The smallest absolute Gasteiger partial charge is 0.351 e. The monoisotopic (exact) mass is 399 g/mol. The van der Waals surface area contributed by atoms with Crippen LogP contribution in [0.5, 0.6) is 0 Å². The lowest BCUT2D eigenvalue weighted by atomic mass is 10.1. The van der Waals surface area contributed by atoms with Crippen molar-refractivity contribution in [3.63, 3.8) is 0 Å². The first-order valence-electron chi connectivity index (χ1n) is 9.04. The number of anilines is 1. The molecule has 1 aromatic rings. The number of ether oxygens (including phenoxy) is 2. The van der Waals surface area contributed by atoms with Gasteiger partial charge in [-0.25, -0.2) is 4.79 Å². The van der Waals surface area contributed by atoms with E-state index in [4.69, 9.17) is 14.6 Å². The van der Waals surface area contributed by atoms with Crippen molar-refractivity contribution >= 4 is 17.7 Å². The van der Waals surface area contributed by atoms with E-state index >= 15 is 0 Å². The number of aliphatic hydroxyl groups is 3. The average Bonchev–Trinajstić information content (AvgIpc) is 2.94. The molecule has 0 bridgehead atoms. The molecule has 1 fully saturated rings. The maximum Gasteiger partial charge on any atom is 0.351 e. The Kier molecular flexibility index (Phi) is 8.05. The molecule has 0 aromatic carbocycles. The van der Waals surface area contributed by atoms with Crippen LogP contribution in [0.25, 0.3) is 0 Å². The molecule has 0 saturated carbocycles. The fourth-order valence-corrected chi connectivity index (χ4v) is 2.78. The minimum Gasteiger partial charge on any atom is -0.466 e. The molecule has 0 aliphatic carbocycles. The zero-order valence-electron chi connectivity index (χ0n) is 15.5. The molecule has 1 aliphatic rings. The third kappa shape index (κ3) is 5.58. The number of rotatable bonds is 9. The predicted octanol–water partition coefficient (Wildman–Crippen LogP) is -1.08. The summed E-state index contributed by atoms with van der Waals surface area (Å²) >= 11 is 0. The molecule has 1 aliphatic heterocycles. The van der Waals surface area contributed by atoms with Gasteiger partial charge in [-0.05, 0) is 25.8 Å². The number of nitrogens with zero attached hydrogens (tertiary/aromatic N) is 2. The third-order valence-electron chi connectivity index (χ3n) is 4.23. The molecular weight excluding hydrogens is 374 g/mol. The van der Waals surface area contributed by atoms with E-state index in [0.29, 0.717) is 19.4 Å². The lowest BCUT2D eigenvalue weighted by Gasteiger charge is -2.17. The van der Waals surface area contributed by atoms with Crippen molar-refractivity contribution in [2.45, 2.75) is 57.1 Å². The van der Waals surface area contributed by atoms with E-state index in [1.165, 1.54) is 12.3 Å². The Bertz CT molecular complexity index is 737. The highest BCUT2D eigenvalue weighted by Gasteiger charge is 2.43. The van der Waals surface area contributed by atoms with Crippen molar-refractivity contribution in [3.8, 4) is 0 Å². The summed E-state index contributed by atoms with van der Waals surface area (Å²) in [7, 11) is 0. The average molecular weight is 399 g/mol. The molecule has 4 N–H and O–H groups in total. The van der Waals surface area contributed by atoms with E-state index in [9.17, 15) is 24.6 Å². The second kappa shape index (κ2) is 10.3. The van der Waals surface area contributed by atoms with Crippen LogP contribution < -0.4 is 11.0 Å². The molecule has 0 unspecified atom stereocenters. The summed E-state index contributed by atoms with van der Waals surface area (Å²) in [6.45, 7) is 1.53. The van der Waals surface area contributed by atoms with Gasteiger partial charge in [-0.15, -0.1) is 0 Å². The molecule has 4 atom stereocenters. The van der Waals surface area contributed by atoms with E-state index in [2.05, 4.69) is 10.3 Å². The minimum absolute atomic E-state index is 0.0309. The van der Waals surface area contributed by atoms with Gasteiger partial charge < -0.3 is 30.1 Å². The Hall–Kier alpha value is -2.34. The van der Waals surface area contributed by atoms with Crippen LogP contribution in [0.1, 0.15) is 38.8 Å². The largest absolute Gasteiger partial charge is 0.466 e.